The van der Waals surface area contributed by atoms with Crippen molar-refractivity contribution in [3.8, 4) is 5.75 Å². The van der Waals surface area contributed by atoms with Crippen LogP contribution in [-0.4, -0.2) is 55.7 Å². The van der Waals surface area contributed by atoms with Crippen LogP contribution in [-0.2, 0) is 39.1 Å². The van der Waals surface area contributed by atoms with Gasteiger partial charge in [0.1, 0.15) is 11.8 Å². The van der Waals surface area contributed by atoms with E-state index in [2.05, 4.69) is 5.32 Å². The summed E-state index contributed by atoms with van der Waals surface area (Å²) < 4.78 is 32.4. The quantitative estimate of drug-likeness (QED) is 0.287. The van der Waals surface area contributed by atoms with Crippen LogP contribution in [0.4, 0.5) is 0 Å². The molecule has 3 aromatic carbocycles. The highest BCUT2D eigenvalue weighted by molar-refractivity contribution is 7.89. The Morgan fingerprint density at radius 2 is 1.62 bits per heavy atom. The maximum Gasteiger partial charge on any atom is 0.243 e. The number of carbonyl (C=O) groups excluding carboxylic acids is 2. The second kappa shape index (κ2) is 14.4. The number of nitrogens with one attached hydrogen (secondary N) is 1. The third kappa shape index (κ3) is 8.04. The van der Waals surface area contributed by atoms with E-state index in [9.17, 15) is 18.0 Å². The molecule has 1 fully saturated rings. The molecule has 0 radical (unpaired) electrons. The number of rotatable bonds is 12. The van der Waals surface area contributed by atoms with Gasteiger partial charge in [0.15, 0.2) is 0 Å². The van der Waals surface area contributed by atoms with Gasteiger partial charge in [-0.05, 0) is 79.3 Å². The van der Waals surface area contributed by atoms with Gasteiger partial charge in [0.25, 0.3) is 0 Å². The maximum absolute atomic E-state index is 13.5. The molecule has 0 spiro atoms. The smallest absolute Gasteiger partial charge is 0.243 e. The van der Waals surface area contributed by atoms with Gasteiger partial charge in [-0.25, -0.2) is 8.42 Å². The highest BCUT2D eigenvalue weighted by Gasteiger charge is 2.28. The van der Waals surface area contributed by atoms with Crippen molar-refractivity contribution in [1.82, 2.24) is 14.5 Å². The van der Waals surface area contributed by atoms with Gasteiger partial charge in [0, 0.05) is 42.6 Å². The first-order valence-corrected chi connectivity index (χ1v) is 16.0. The summed E-state index contributed by atoms with van der Waals surface area (Å²) >= 11 is 12.2. The zero-order valence-electron chi connectivity index (χ0n) is 23.7. The average Bonchev–Trinajstić information content (AvgIpc) is 3.55. The van der Waals surface area contributed by atoms with Crippen molar-refractivity contribution in [2.45, 2.75) is 56.6 Å². The molecule has 224 valence electrons. The van der Waals surface area contributed by atoms with Gasteiger partial charge >= 0.3 is 0 Å². The molecule has 4 rings (SSSR count). The number of methoxy groups -OCH3 is 1. The molecule has 1 aliphatic heterocycles. The molecule has 1 atom stereocenters. The van der Waals surface area contributed by atoms with Crippen LogP contribution in [0.25, 0.3) is 0 Å². The fraction of sp³-hybridized carbons (Fsp3) is 0.355. The number of sulfonamides is 1. The van der Waals surface area contributed by atoms with E-state index >= 15 is 0 Å². The molecule has 11 heteroatoms. The van der Waals surface area contributed by atoms with Crippen molar-refractivity contribution in [3.63, 3.8) is 0 Å². The summed E-state index contributed by atoms with van der Waals surface area (Å²) in [4.78, 5) is 28.5. The fourth-order valence-corrected chi connectivity index (χ4v) is 6.80. The molecule has 3 aromatic rings. The largest absolute Gasteiger partial charge is 0.497 e. The molecular weight excluding hydrogens is 597 g/mol. The number of nitrogens with zero attached hydrogens (tertiary/aromatic N) is 2. The van der Waals surface area contributed by atoms with Crippen molar-refractivity contribution in [1.29, 1.82) is 0 Å². The summed E-state index contributed by atoms with van der Waals surface area (Å²) in [5.74, 6) is 0.170. The van der Waals surface area contributed by atoms with Crippen LogP contribution < -0.4 is 10.1 Å². The van der Waals surface area contributed by atoms with Crippen LogP contribution in [0.3, 0.4) is 0 Å². The van der Waals surface area contributed by atoms with Gasteiger partial charge in [-0.2, -0.15) is 4.31 Å². The molecule has 1 saturated heterocycles. The number of amides is 2. The Hall–Kier alpha value is -3.11. The minimum absolute atomic E-state index is 0.148. The first-order chi connectivity index (χ1) is 20.1. The molecule has 0 aromatic heterocycles. The first-order valence-electron chi connectivity index (χ1n) is 13.8. The van der Waals surface area contributed by atoms with E-state index in [-0.39, 0.29) is 36.2 Å². The number of aryl methyl sites for hydroxylation is 1. The van der Waals surface area contributed by atoms with Crippen LogP contribution in [0.2, 0.25) is 10.0 Å². The lowest BCUT2D eigenvalue weighted by Gasteiger charge is -2.29. The summed E-state index contributed by atoms with van der Waals surface area (Å²) in [5, 5.41) is 3.82. The number of hydrogen-bond donors (Lipinski definition) is 1. The molecule has 1 heterocycles. The Morgan fingerprint density at radius 1 is 0.976 bits per heavy atom. The van der Waals surface area contributed by atoms with Gasteiger partial charge in [0.2, 0.25) is 21.8 Å². The minimum atomic E-state index is -3.50. The van der Waals surface area contributed by atoms with Crippen molar-refractivity contribution in [2.75, 3.05) is 20.2 Å². The SMILES string of the molecule is COc1ccc(CN(C(=O)CCc2ccc(S(=O)(=O)N3CCCC3)cc2)[C@@H](C)C(=O)NCc2ccc(Cl)cc2Cl)cc1. The van der Waals surface area contributed by atoms with Gasteiger partial charge in [-0.3, -0.25) is 9.59 Å². The molecule has 42 heavy (non-hydrogen) atoms. The Bertz CT molecular complexity index is 1490. The van der Waals surface area contributed by atoms with Crippen molar-refractivity contribution in [2.24, 2.45) is 0 Å². The summed E-state index contributed by atoms with van der Waals surface area (Å²) in [6.45, 7) is 3.20. The van der Waals surface area contributed by atoms with E-state index in [1.54, 1.807) is 61.4 Å². The van der Waals surface area contributed by atoms with Crippen LogP contribution >= 0.6 is 23.2 Å². The zero-order valence-corrected chi connectivity index (χ0v) is 26.0. The normalized spacial score (nSPS) is 14.4. The number of benzene rings is 3. The van der Waals surface area contributed by atoms with Crippen molar-refractivity contribution in [3.05, 3.63) is 93.5 Å². The fourth-order valence-electron chi connectivity index (χ4n) is 4.81. The Balaban J connectivity index is 1.44. The molecule has 0 bridgehead atoms. The first kappa shape index (κ1) is 31.8. The third-order valence-corrected chi connectivity index (χ3v) is 9.90. The number of carbonyl (C=O) groups is 2. The Morgan fingerprint density at radius 3 is 2.24 bits per heavy atom. The van der Waals surface area contributed by atoms with Crippen LogP contribution in [0.5, 0.6) is 5.75 Å². The molecule has 0 unspecified atom stereocenters. The molecule has 1 N–H and O–H groups in total. The average molecular weight is 633 g/mol. The van der Waals surface area contributed by atoms with Crippen LogP contribution in [0, 0.1) is 0 Å². The van der Waals surface area contributed by atoms with Crippen molar-refractivity contribution >= 4 is 45.0 Å². The number of ether oxygens (including phenoxy) is 1. The number of halogens is 2. The molecule has 1 aliphatic rings. The highest BCUT2D eigenvalue weighted by Crippen LogP contribution is 2.23. The predicted octanol–water partition coefficient (Wildman–Crippen LogP) is 5.45. The molecular formula is C31H35Cl2N3O5S. The standard InChI is InChI=1S/C31H35Cl2N3O5S/c1-22(31(38)34-20-25-10-11-26(32)19-29(25)33)36(21-24-5-12-27(41-2)13-6-24)30(37)16-9-23-7-14-28(15-8-23)42(39,40)35-17-3-4-18-35/h5-8,10-15,19,22H,3-4,9,16-18,20-21H2,1-2H3,(H,34,38)/t22-/m0/s1. The molecule has 8 nitrogen and oxygen atoms in total. The van der Waals surface area contributed by atoms with Gasteiger partial charge in [-0.1, -0.05) is 53.5 Å². The lowest BCUT2D eigenvalue weighted by Crippen LogP contribution is -2.47. The molecule has 0 saturated carbocycles. The van der Waals surface area contributed by atoms with E-state index in [0.29, 0.717) is 40.9 Å². The highest BCUT2D eigenvalue weighted by atomic mass is 35.5. The minimum Gasteiger partial charge on any atom is -0.497 e. The van der Waals surface area contributed by atoms with E-state index in [1.165, 1.54) is 4.31 Å². The second-order valence-electron chi connectivity index (χ2n) is 10.3. The second-order valence-corrected chi connectivity index (χ2v) is 13.0. The summed E-state index contributed by atoms with van der Waals surface area (Å²) in [6, 6.07) is 18.3. The Labute approximate surface area is 257 Å². The van der Waals surface area contributed by atoms with E-state index in [0.717, 1.165) is 24.0 Å². The predicted molar refractivity (Wildman–Crippen MR) is 164 cm³/mol. The van der Waals surface area contributed by atoms with Crippen LogP contribution in [0.15, 0.2) is 71.6 Å². The maximum atomic E-state index is 13.5. The lowest BCUT2D eigenvalue weighted by atomic mass is 10.1. The molecule has 0 aliphatic carbocycles. The monoisotopic (exact) mass is 631 g/mol. The van der Waals surface area contributed by atoms with Gasteiger partial charge in [0.05, 0.1) is 12.0 Å². The summed E-state index contributed by atoms with van der Waals surface area (Å²) in [6.07, 6.45) is 2.29. The third-order valence-electron chi connectivity index (χ3n) is 7.40. The topological polar surface area (TPSA) is 96.0 Å². The summed E-state index contributed by atoms with van der Waals surface area (Å²) in [7, 11) is -1.92. The Kier molecular flexibility index (Phi) is 10.9. The zero-order chi connectivity index (χ0) is 30.3. The molecule has 2 amide bonds. The van der Waals surface area contributed by atoms with Crippen molar-refractivity contribution < 1.29 is 22.7 Å². The van der Waals surface area contributed by atoms with Crippen LogP contribution in [0.1, 0.15) is 42.9 Å². The van der Waals surface area contributed by atoms with E-state index in [4.69, 9.17) is 27.9 Å². The van der Waals surface area contributed by atoms with Gasteiger partial charge in [-0.15, -0.1) is 0 Å². The van der Waals surface area contributed by atoms with E-state index < -0.39 is 16.1 Å². The summed E-state index contributed by atoms with van der Waals surface area (Å²) in [5.41, 5.74) is 2.40. The lowest BCUT2D eigenvalue weighted by molar-refractivity contribution is -0.140. The van der Waals surface area contributed by atoms with Gasteiger partial charge < -0.3 is 15.0 Å². The van der Waals surface area contributed by atoms with E-state index in [1.807, 2.05) is 24.3 Å². The number of hydrogen-bond acceptors (Lipinski definition) is 5.